The number of fused-ring (bicyclic) bond motifs is 1. The van der Waals surface area contributed by atoms with E-state index < -0.39 is 0 Å². The summed E-state index contributed by atoms with van der Waals surface area (Å²) in [6.07, 6.45) is 1.74. The first-order chi connectivity index (χ1) is 10.1. The lowest BCUT2D eigenvalue weighted by atomic mass is 10.1. The van der Waals surface area contributed by atoms with Crippen molar-refractivity contribution in [2.45, 2.75) is 6.92 Å². The normalized spacial score (nSPS) is 10.5. The second-order valence-electron chi connectivity index (χ2n) is 4.79. The number of nitrogens with two attached hydrogens (primary N) is 1. The Morgan fingerprint density at radius 3 is 2.86 bits per heavy atom. The summed E-state index contributed by atoms with van der Waals surface area (Å²) in [5, 5.41) is 3.83. The molecule has 1 aromatic carbocycles. The Balaban J connectivity index is 1.88. The van der Waals surface area contributed by atoms with Crippen molar-refractivity contribution < 1.29 is 4.79 Å². The molecular formula is C16H14N4O. The number of benzene rings is 1. The van der Waals surface area contributed by atoms with E-state index in [9.17, 15) is 4.79 Å². The summed E-state index contributed by atoms with van der Waals surface area (Å²) in [6, 6.07) is 12.7. The second kappa shape index (κ2) is 5.20. The molecule has 2 heterocycles. The van der Waals surface area contributed by atoms with Gasteiger partial charge in [0.2, 0.25) is 0 Å². The number of nitrogen functional groups attached to an aromatic ring is 1. The summed E-state index contributed by atoms with van der Waals surface area (Å²) in [4.78, 5) is 20.5. The number of carbonyl (C=O) groups excluding carboxylic acids is 1. The zero-order chi connectivity index (χ0) is 14.8. The number of pyridine rings is 2. The van der Waals surface area contributed by atoms with Crippen LogP contribution in [0.2, 0.25) is 0 Å². The predicted molar refractivity (Wildman–Crippen MR) is 83.1 cm³/mol. The molecule has 0 atom stereocenters. The zero-order valence-electron chi connectivity index (χ0n) is 11.5. The van der Waals surface area contributed by atoms with Crippen LogP contribution in [-0.4, -0.2) is 15.9 Å². The lowest BCUT2D eigenvalue weighted by Gasteiger charge is -2.07. The summed E-state index contributed by atoms with van der Waals surface area (Å²) < 4.78 is 0. The van der Waals surface area contributed by atoms with Crippen LogP contribution in [0.25, 0.3) is 10.9 Å². The van der Waals surface area contributed by atoms with Gasteiger partial charge in [-0.05, 0) is 43.3 Å². The fraction of sp³-hybridized carbons (Fsp3) is 0.0625. The Bertz CT molecular complexity index is 809. The molecule has 3 rings (SSSR count). The van der Waals surface area contributed by atoms with Crippen LogP contribution in [0.5, 0.6) is 0 Å². The molecule has 0 radical (unpaired) electrons. The standard InChI is InChI=1S/C16H14N4O/c1-10-7-12(9-15(17)19-10)16(21)20-13-4-5-14-11(8-13)3-2-6-18-14/h2-9H,1H3,(H2,17,19)(H,20,21). The fourth-order valence-corrected chi connectivity index (χ4v) is 2.18. The number of hydrogen-bond donors (Lipinski definition) is 2. The van der Waals surface area contributed by atoms with Crippen LogP contribution in [0.4, 0.5) is 11.5 Å². The van der Waals surface area contributed by atoms with E-state index in [2.05, 4.69) is 15.3 Å². The highest BCUT2D eigenvalue weighted by Gasteiger charge is 2.08. The average Bonchev–Trinajstić information content (AvgIpc) is 2.46. The summed E-state index contributed by atoms with van der Waals surface area (Å²) in [5.74, 6) is 0.123. The van der Waals surface area contributed by atoms with E-state index in [1.165, 1.54) is 0 Å². The number of amides is 1. The monoisotopic (exact) mass is 278 g/mol. The van der Waals surface area contributed by atoms with Gasteiger partial charge in [-0.2, -0.15) is 0 Å². The molecule has 0 aliphatic heterocycles. The third kappa shape index (κ3) is 2.81. The molecule has 0 aliphatic carbocycles. The van der Waals surface area contributed by atoms with Gasteiger partial charge in [0.15, 0.2) is 0 Å². The first-order valence-electron chi connectivity index (χ1n) is 6.52. The topological polar surface area (TPSA) is 80.9 Å². The molecule has 3 aromatic rings. The van der Waals surface area contributed by atoms with Crippen molar-refractivity contribution in [1.82, 2.24) is 9.97 Å². The Morgan fingerprint density at radius 2 is 2.05 bits per heavy atom. The van der Waals surface area contributed by atoms with Crippen LogP contribution in [0.3, 0.4) is 0 Å². The van der Waals surface area contributed by atoms with Crippen molar-refractivity contribution in [1.29, 1.82) is 0 Å². The molecule has 21 heavy (non-hydrogen) atoms. The zero-order valence-corrected chi connectivity index (χ0v) is 11.5. The van der Waals surface area contributed by atoms with Gasteiger partial charge in [0.1, 0.15) is 5.82 Å². The third-order valence-electron chi connectivity index (χ3n) is 3.10. The smallest absolute Gasteiger partial charge is 0.255 e. The van der Waals surface area contributed by atoms with Gasteiger partial charge >= 0.3 is 0 Å². The van der Waals surface area contributed by atoms with Crippen molar-refractivity contribution >= 4 is 28.3 Å². The number of anilines is 2. The molecule has 2 aromatic heterocycles. The molecule has 1 amide bonds. The van der Waals surface area contributed by atoms with Crippen LogP contribution < -0.4 is 11.1 Å². The van der Waals surface area contributed by atoms with Gasteiger partial charge < -0.3 is 11.1 Å². The predicted octanol–water partition coefficient (Wildman–Crippen LogP) is 2.77. The largest absolute Gasteiger partial charge is 0.384 e. The highest BCUT2D eigenvalue weighted by Crippen LogP contribution is 2.18. The first kappa shape index (κ1) is 13.1. The summed E-state index contributed by atoms with van der Waals surface area (Å²) in [7, 11) is 0. The first-order valence-corrected chi connectivity index (χ1v) is 6.52. The van der Waals surface area contributed by atoms with Crippen molar-refractivity contribution in [2.24, 2.45) is 0 Å². The lowest BCUT2D eigenvalue weighted by Crippen LogP contribution is -2.13. The number of hydrogen-bond acceptors (Lipinski definition) is 4. The number of nitrogens with one attached hydrogen (secondary N) is 1. The van der Waals surface area contributed by atoms with Gasteiger partial charge in [0, 0.05) is 28.5 Å². The molecule has 0 saturated heterocycles. The lowest BCUT2D eigenvalue weighted by molar-refractivity contribution is 0.102. The van der Waals surface area contributed by atoms with Crippen molar-refractivity contribution in [3.8, 4) is 0 Å². The van der Waals surface area contributed by atoms with Crippen LogP contribution in [0.15, 0.2) is 48.7 Å². The number of rotatable bonds is 2. The second-order valence-corrected chi connectivity index (χ2v) is 4.79. The van der Waals surface area contributed by atoms with E-state index in [0.29, 0.717) is 22.8 Å². The maximum absolute atomic E-state index is 12.2. The van der Waals surface area contributed by atoms with Crippen molar-refractivity contribution in [3.63, 3.8) is 0 Å². The van der Waals surface area contributed by atoms with Gasteiger partial charge in [0.05, 0.1) is 5.52 Å². The molecule has 3 N–H and O–H groups in total. The molecule has 5 heteroatoms. The minimum Gasteiger partial charge on any atom is -0.384 e. The van der Waals surface area contributed by atoms with Crippen LogP contribution in [0.1, 0.15) is 16.1 Å². The molecular weight excluding hydrogens is 264 g/mol. The molecule has 0 bridgehead atoms. The quantitative estimate of drug-likeness (QED) is 0.755. The van der Waals surface area contributed by atoms with E-state index in [1.807, 2.05) is 30.3 Å². The minimum absolute atomic E-state index is 0.213. The van der Waals surface area contributed by atoms with Gasteiger partial charge in [0.25, 0.3) is 5.91 Å². The number of carbonyl (C=O) groups is 1. The van der Waals surface area contributed by atoms with E-state index in [0.717, 1.165) is 10.9 Å². The minimum atomic E-state index is -0.213. The van der Waals surface area contributed by atoms with Crippen LogP contribution in [0, 0.1) is 6.92 Å². The number of aromatic nitrogens is 2. The number of aryl methyl sites for hydroxylation is 1. The summed E-state index contributed by atoms with van der Waals surface area (Å²) in [5.41, 5.74) is 8.47. The van der Waals surface area contributed by atoms with Gasteiger partial charge in [-0.15, -0.1) is 0 Å². The summed E-state index contributed by atoms with van der Waals surface area (Å²) >= 11 is 0. The Morgan fingerprint density at radius 1 is 1.19 bits per heavy atom. The van der Waals surface area contributed by atoms with E-state index in [-0.39, 0.29) is 5.91 Å². The molecule has 5 nitrogen and oxygen atoms in total. The average molecular weight is 278 g/mol. The Labute approximate surface area is 121 Å². The van der Waals surface area contributed by atoms with E-state index in [1.54, 1.807) is 25.3 Å². The van der Waals surface area contributed by atoms with Crippen molar-refractivity contribution in [2.75, 3.05) is 11.1 Å². The Hall–Kier alpha value is -2.95. The molecule has 0 fully saturated rings. The highest BCUT2D eigenvalue weighted by atomic mass is 16.1. The van der Waals surface area contributed by atoms with E-state index >= 15 is 0 Å². The van der Waals surface area contributed by atoms with Crippen LogP contribution in [-0.2, 0) is 0 Å². The Kier molecular flexibility index (Phi) is 3.23. The fourth-order valence-electron chi connectivity index (χ4n) is 2.18. The van der Waals surface area contributed by atoms with Crippen molar-refractivity contribution in [3.05, 3.63) is 59.9 Å². The molecule has 0 spiro atoms. The van der Waals surface area contributed by atoms with E-state index in [4.69, 9.17) is 5.73 Å². The van der Waals surface area contributed by atoms with Crippen LogP contribution >= 0.6 is 0 Å². The van der Waals surface area contributed by atoms with Gasteiger partial charge in [-0.25, -0.2) is 4.98 Å². The summed E-state index contributed by atoms with van der Waals surface area (Å²) in [6.45, 7) is 1.80. The molecule has 104 valence electrons. The molecule has 0 saturated carbocycles. The third-order valence-corrected chi connectivity index (χ3v) is 3.10. The van der Waals surface area contributed by atoms with Gasteiger partial charge in [-0.3, -0.25) is 9.78 Å². The SMILES string of the molecule is Cc1cc(C(=O)Nc2ccc3ncccc3c2)cc(N)n1. The van der Waals surface area contributed by atoms with Gasteiger partial charge in [-0.1, -0.05) is 6.07 Å². The molecule has 0 aliphatic rings. The number of nitrogens with zero attached hydrogens (tertiary/aromatic N) is 2. The molecule has 0 unspecified atom stereocenters. The maximum Gasteiger partial charge on any atom is 0.255 e. The maximum atomic E-state index is 12.2. The highest BCUT2D eigenvalue weighted by molar-refractivity contribution is 6.05.